The molecule has 0 aliphatic heterocycles. The molecule has 0 radical (unpaired) electrons. The molecule has 0 aromatic carbocycles. The van der Waals surface area contributed by atoms with Gasteiger partial charge >= 0.3 is 0 Å². The molecule has 1 fully saturated rings. The Morgan fingerprint density at radius 2 is 2.28 bits per heavy atom. The second kappa shape index (κ2) is 5.30. The number of anilines is 1. The first-order chi connectivity index (χ1) is 8.56. The Bertz CT molecular complexity index is 450. The molecule has 1 aliphatic carbocycles. The summed E-state index contributed by atoms with van der Waals surface area (Å²) in [5.41, 5.74) is 11.7. The summed E-state index contributed by atoms with van der Waals surface area (Å²) in [5.74, 6) is -0.0751. The molecular weight excluding hydrogens is 232 g/mol. The molecule has 1 amide bonds. The Morgan fingerprint density at radius 1 is 1.50 bits per heavy atom. The zero-order valence-electron chi connectivity index (χ0n) is 10.2. The number of aliphatic hydroxyl groups is 1. The average molecular weight is 250 g/mol. The van der Waals surface area contributed by atoms with Gasteiger partial charge in [-0.25, -0.2) is 9.97 Å². The Morgan fingerprint density at radius 3 is 2.94 bits per heavy atom. The molecule has 2 atom stereocenters. The van der Waals surface area contributed by atoms with Crippen LogP contribution in [0.25, 0.3) is 0 Å². The molecule has 6 nitrogen and oxygen atoms in total. The van der Waals surface area contributed by atoms with Crippen molar-refractivity contribution in [3.8, 4) is 0 Å². The number of nitrogens with zero attached hydrogens (tertiary/aromatic N) is 2. The smallest absolute Gasteiger partial charge is 0.252 e. The highest BCUT2D eigenvalue weighted by Crippen LogP contribution is 2.27. The van der Waals surface area contributed by atoms with Crippen molar-refractivity contribution in [2.75, 3.05) is 5.73 Å². The summed E-state index contributed by atoms with van der Waals surface area (Å²) in [6.07, 6.45) is 5.35. The molecule has 6 heteroatoms. The van der Waals surface area contributed by atoms with Gasteiger partial charge in [-0.05, 0) is 31.6 Å². The van der Waals surface area contributed by atoms with E-state index in [9.17, 15) is 9.90 Å². The lowest BCUT2D eigenvalue weighted by atomic mass is 9.84. The number of nitrogen functional groups attached to an aromatic ring is 1. The molecule has 2 unspecified atom stereocenters. The van der Waals surface area contributed by atoms with Gasteiger partial charge in [-0.1, -0.05) is 6.42 Å². The SMILES string of the molecule is NC(=O)c1cnc(N)nc1CC1CCCC(O)C1. The number of hydrogen-bond donors (Lipinski definition) is 3. The van der Waals surface area contributed by atoms with Crippen molar-refractivity contribution >= 4 is 11.9 Å². The number of carbonyl (C=O) groups is 1. The Labute approximate surface area is 105 Å². The zero-order chi connectivity index (χ0) is 13.1. The molecule has 5 N–H and O–H groups in total. The molecule has 0 bridgehead atoms. The van der Waals surface area contributed by atoms with Gasteiger partial charge in [0.05, 0.1) is 17.4 Å². The van der Waals surface area contributed by atoms with Crippen LogP contribution < -0.4 is 11.5 Å². The minimum Gasteiger partial charge on any atom is -0.393 e. The Balaban J connectivity index is 2.16. The summed E-state index contributed by atoms with van der Waals surface area (Å²) in [5, 5.41) is 9.64. The predicted octanol–water partition coefficient (Wildman–Crippen LogP) is 0.251. The fraction of sp³-hybridized carbons (Fsp3) is 0.583. The highest BCUT2D eigenvalue weighted by molar-refractivity contribution is 5.93. The van der Waals surface area contributed by atoms with E-state index in [1.165, 1.54) is 6.20 Å². The summed E-state index contributed by atoms with van der Waals surface area (Å²) in [7, 11) is 0. The van der Waals surface area contributed by atoms with E-state index in [1.807, 2.05) is 0 Å². The van der Waals surface area contributed by atoms with E-state index >= 15 is 0 Å². The highest BCUT2D eigenvalue weighted by atomic mass is 16.3. The second-order valence-electron chi connectivity index (χ2n) is 4.84. The zero-order valence-corrected chi connectivity index (χ0v) is 10.2. The van der Waals surface area contributed by atoms with Gasteiger partial charge in [0.15, 0.2) is 0 Å². The van der Waals surface area contributed by atoms with Crippen LogP contribution in [0.2, 0.25) is 0 Å². The first-order valence-corrected chi connectivity index (χ1v) is 6.15. The van der Waals surface area contributed by atoms with Crippen molar-refractivity contribution in [2.24, 2.45) is 11.7 Å². The maximum absolute atomic E-state index is 11.3. The second-order valence-corrected chi connectivity index (χ2v) is 4.84. The van der Waals surface area contributed by atoms with E-state index in [0.29, 0.717) is 23.6 Å². The van der Waals surface area contributed by atoms with Crippen molar-refractivity contribution in [2.45, 2.75) is 38.2 Å². The molecular formula is C12H18N4O2. The number of hydrogen-bond acceptors (Lipinski definition) is 5. The summed E-state index contributed by atoms with van der Waals surface area (Å²) in [6, 6.07) is 0. The van der Waals surface area contributed by atoms with Crippen LogP contribution in [0.3, 0.4) is 0 Å². The van der Waals surface area contributed by atoms with Gasteiger partial charge < -0.3 is 16.6 Å². The molecule has 1 aliphatic rings. The van der Waals surface area contributed by atoms with Crippen LogP contribution in [0.1, 0.15) is 41.7 Å². The maximum atomic E-state index is 11.3. The van der Waals surface area contributed by atoms with Gasteiger partial charge in [0.25, 0.3) is 5.91 Å². The lowest BCUT2D eigenvalue weighted by molar-refractivity contribution is 0.0987. The number of amides is 1. The van der Waals surface area contributed by atoms with Gasteiger partial charge in [-0.2, -0.15) is 0 Å². The number of rotatable bonds is 3. The van der Waals surface area contributed by atoms with Crippen LogP contribution in [-0.4, -0.2) is 27.1 Å². The number of nitrogens with two attached hydrogens (primary N) is 2. The average Bonchev–Trinajstić information content (AvgIpc) is 2.28. The van der Waals surface area contributed by atoms with Gasteiger partial charge in [-0.3, -0.25) is 4.79 Å². The standard InChI is InChI=1S/C12H18N4O2/c13-11(18)9-6-15-12(14)16-10(9)5-7-2-1-3-8(17)4-7/h6-8,17H,1-5H2,(H2,13,18)(H2,14,15,16). The third kappa shape index (κ3) is 2.95. The summed E-state index contributed by atoms with van der Waals surface area (Å²) in [4.78, 5) is 19.2. The number of aliphatic hydroxyl groups excluding tert-OH is 1. The fourth-order valence-electron chi connectivity index (χ4n) is 2.52. The van der Waals surface area contributed by atoms with Gasteiger partial charge in [-0.15, -0.1) is 0 Å². The molecule has 1 saturated carbocycles. The van der Waals surface area contributed by atoms with Crippen LogP contribution in [-0.2, 0) is 6.42 Å². The first kappa shape index (κ1) is 12.8. The van der Waals surface area contributed by atoms with Crippen molar-refractivity contribution in [3.05, 3.63) is 17.5 Å². The van der Waals surface area contributed by atoms with Crippen LogP contribution in [0.5, 0.6) is 0 Å². The lowest BCUT2D eigenvalue weighted by Crippen LogP contribution is -2.23. The maximum Gasteiger partial charge on any atom is 0.252 e. The van der Waals surface area contributed by atoms with Crippen LogP contribution >= 0.6 is 0 Å². The molecule has 1 aromatic heterocycles. The van der Waals surface area contributed by atoms with Crippen molar-refractivity contribution in [1.82, 2.24) is 9.97 Å². The predicted molar refractivity (Wildman–Crippen MR) is 66.6 cm³/mol. The van der Waals surface area contributed by atoms with Gasteiger partial charge in [0, 0.05) is 6.20 Å². The minimum atomic E-state index is -0.540. The molecule has 0 spiro atoms. The Kier molecular flexibility index (Phi) is 3.76. The molecule has 1 heterocycles. The summed E-state index contributed by atoms with van der Waals surface area (Å²) in [6.45, 7) is 0. The molecule has 1 aromatic rings. The van der Waals surface area contributed by atoms with Crippen molar-refractivity contribution in [1.29, 1.82) is 0 Å². The molecule has 2 rings (SSSR count). The lowest BCUT2D eigenvalue weighted by Gasteiger charge is -2.25. The molecule has 18 heavy (non-hydrogen) atoms. The van der Waals surface area contributed by atoms with Gasteiger partial charge in [0.2, 0.25) is 5.95 Å². The monoisotopic (exact) mass is 250 g/mol. The number of aromatic nitrogens is 2. The van der Waals surface area contributed by atoms with E-state index in [-0.39, 0.29) is 12.1 Å². The largest absolute Gasteiger partial charge is 0.393 e. The first-order valence-electron chi connectivity index (χ1n) is 6.15. The van der Waals surface area contributed by atoms with Crippen LogP contribution in [0, 0.1) is 5.92 Å². The van der Waals surface area contributed by atoms with Crippen molar-refractivity contribution in [3.63, 3.8) is 0 Å². The Hall–Kier alpha value is -1.69. The number of primary amides is 1. The van der Waals surface area contributed by atoms with E-state index < -0.39 is 5.91 Å². The summed E-state index contributed by atoms with van der Waals surface area (Å²) < 4.78 is 0. The van der Waals surface area contributed by atoms with E-state index in [0.717, 1.165) is 25.7 Å². The van der Waals surface area contributed by atoms with Crippen LogP contribution in [0.4, 0.5) is 5.95 Å². The van der Waals surface area contributed by atoms with Crippen molar-refractivity contribution < 1.29 is 9.90 Å². The minimum absolute atomic E-state index is 0.145. The number of carbonyl (C=O) groups excluding carboxylic acids is 1. The van der Waals surface area contributed by atoms with E-state index in [1.54, 1.807) is 0 Å². The van der Waals surface area contributed by atoms with Gasteiger partial charge in [0.1, 0.15) is 0 Å². The molecule has 98 valence electrons. The van der Waals surface area contributed by atoms with Crippen LogP contribution in [0.15, 0.2) is 6.20 Å². The quantitative estimate of drug-likeness (QED) is 0.711. The third-order valence-electron chi connectivity index (χ3n) is 3.39. The fourth-order valence-corrected chi connectivity index (χ4v) is 2.52. The summed E-state index contributed by atoms with van der Waals surface area (Å²) >= 11 is 0. The van der Waals surface area contributed by atoms with E-state index in [2.05, 4.69) is 9.97 Å². The third-order valence-corrected chi connectivity index (χ3v) is 3.39. The highest BCUT2D eigenvalue weighted by Gasteiger charge is 2.23. The normalized spacial score (nSPS) is 23.8. The van der Waals surface area contributed by atoms with E-state index in [4.69, 9.17) is 11.5 Å². The topological polar surface area (TPSA) is 115 Å². The molecule has 0 saturated heterocycles.